The molecule has 0 aliphatic carbocycles. The molecule has 3 aliphatic heterocycles. The van der Waals surface area contributed by atoms with Crippen LogP contribution in [0.25, 0.3) is 0 Å². The maximum absolute atomic E-state index is 11.6. The fourth-order valence-electron chi connectivity index (χ4n) is 3.97. The third kappa shape index (κ3) is 2.23. The predicted octanol–water partition coefficient (Wildman–Crippen LogP) is 3.04. The molecule has 3 heterocycles. The Balaban J connectivity index is 1.96. The molecule has 5 nitrogen and oxygen atoms in total. The van der Waals surface area contributed by atoms with Gasteiger partial charge in [-0.25, -0.2) is 0 Å². The summed E-state index contributed by atoms with van der Waals surface area (Å²) in [6.45, 7) is 13.5. The molecule has 0 saturated carbocycles. The molecule has 2 fully saturated rings. The Morgan fingerprint density at radius 2 is 1.77 bits per heavy atom. The van der Waals surface area contributed by atoms with Gasteiger partial charge in [-0.2, -0.15) is 0 Å². The molecule has 0 aromatic rings. The third-order valence-electron chi connectivity index (χ3n) is 4.76. The van der Waals surface area contributed by atoms with Crippen molar-refractivity contribution in [1.82, 2.24) is 0 Å². The lowest BCUT2D eigenvalue weighted by molar-refractivity contribution is -0.157. The van der Waals surface area contributed by atoms with Crippen LogP contribution in [0.5, 0.6) is 0 Å². The largest absolute Gasteiger partial charge is 0.493 e. The average molecular weight is 326 g/mol. The highest BCUT2D eigenvalue weighted by Crippen LogP contribution is 2.55. The summed E-state index contributed by atoms with van der Waals surface area (Å²) < 4.78 is 24.3. The smallest absolute Gasteiger partial charge is 0.349 e. The van der Waals surface area contributed by atoms with Crippen molar-refractivity contribution in [2.75, 3.05) is 6.61 Å². The van der Waals surface area contributed by atoms with Crippen LogP contribution in [0.4, 0.5) is 0 Å². The Bertz CT molecular complexity index is 500. The second-order valence-corrected chi connectivity index (χ2v) is 13.2. The lowest BCUT2D eigenvalue weighted by Gasteiger charge is -2.55. The van der Waals surface area contributed by atoms with Crippen LogP contribution in [0.1, 0.15) is 48.0 Å². The van der Waals surface area contributed by atoms with Crippen molar-refractivity contribution in [3.05, 3.63) is 11.8 Å². The summed E-state index contributed by atoms with van der Waals surface area (Å²) in [7, 11) is -2.57. The first-order chi connectivity index (χ1) is 10.1. The van der Waals surface area contributed by atoms with Gasteiger partial charge in [-0.1, -0.05) is 41.5 Å². The summed E-state index contributed by atoms with van der Waals surface area (Å²) >= 11 is 0. The van der Waals surface area contributed by atoms with E-state index in [1.807, 2.05) is 0 Å². The van der Waals surface area contributed by atoms with Gasteiger partial charge in [0.1, 0.15) is 12.2 Å². The SMILES string of the molecule is CC(C)(C)[Si]1(C(C)(C)C)OC[C@H]2OC=C3CC(=O)O[C@H]3[C@@H]2O1. The molecular weight excluding hydrogens is 300 g/mol. The van der Waals surface area contributed by atoms with Gasteiger partial charge in [-0.15, -0.1) is 0 Å². The molecule has 3 rings (SSSR count). The standard InChI is InChI=1S/C16H26O5Si/c1-15(2,3)22(16(4,5)6)19-9-11-14(21-22)13-10(8-18-11)7-12(17)20-13/h8,11,13-14H,7,9H2,1-6H3/t11-,13-,14-/m1/s1. The molecule has 0 N–H and O–H groups in total. The molecule has 3 atom stereocenters. The van der Waals surface area contributed by atoms with Crippen molar-refractivity contribution < 1.29 is 23.1 Å². The van der Waals surface area contributed by atoms with E-state index in [0.29, 0.717) is 13.0 Å². The first-order valence-corrected chi connectivity index (χ1v) is 9.72. The topological polar surface area (TPSA) is 54.0 Å². The first kappa shape index (κ1) is 16.0. The normalized spacial score (nSPS) is 34.2. The quantitative estimate of drug-likeness (QED) is 0.506. The lowest BCUT2D eigenvalue weighted by atomic mass is 9.99. The van der Waals surface area contributed by atoms with Crippen molar-refractivity contribution >= 4 is 14.5 Å². The number of rotatable bonds is 0. The lowest BCUT2D eigenvalue weighted by Crippen LogP contribution is -2.67. The first-order valence-electron chi connectivity index (χ1n) is 7.91. The van der Waals surface area contributed by atoms with Gasteiger partial charge in [-0.05, 0) is 0 Å². The Labute approximate surface area is 133 Å². The van der Waals surface area contributed by atoms with Crippen LogP contribution in [0.3, 0.4) is 0 Å². The van der Waals surface area contributed by atoms with E-state index >= 15 is 0 Å². The zero-order chi connectivity index (χ0) is 16.3. The second-order valence-electron chi connectivity index (χ2n) is 8.46. The van der Waals surface area contributed by atoms with Crippen LogP contribution in [-0.4, -0.2) is 39.4 Å². The van der Waals surface area contributed by atoms with Gasteiger partial charge in [0.05, 0.1) is 19.3 Å². The molecule has 6 heteroatoms. The zero-order valence-electron chi connectivity index (χ0n) is 14.3. The van der Waals surface area contributed by atoms with Crippen LogP contribution < -0.4 is 0 Å². The highest BCUT2D eigenvalue weighted by Gasteiger charge is 2.64. The van der Waals surface area contributed by atoms with E-state index in [9.17, 15) is 4.79 Å². The molecule has 0 spiro atoms. The van der Waals surface area contributed by atoms with Crippen LogP contribution in [0.2, 0.25) is 10.1 Å². The second kappa shape index (κ2) is 4.82. The van der Waals surface area contributed by atoms with Crippen LogP contribution in [0, 0.1) is 0 Å². The van der Waals surface area contributed by atoms with E-state index in [1.54, 1.807) is 6.26 Å². The fourth-order valence-corrected chi connectivity index (χ4v) is 8.92. The van der Waals surface area contributed by atoms with Crippen LogP contribution >= 0.6 is 0 Å². The van der Waals surface area contributed by atoms with Crippen molar-refractivity contribution in [2.45, 2.75) is 76.4 Å². The summed E-state index contributed by atoms with van der Waals surface area (Å²) in [4.78, 5) is 11.6. The zero-order valence-corrected chi connectivity index (χ0v) is 15.3. The summed E-state index contributed by atoms with van der Waals surface area (Å²) in [6, 6.07) is 0. The van der Waals surface area contributed by atoms with Crippen LogP contribution in [-0.2, 0) is 23.1 Å². The third-order valence-corrected chi connectivity index (χ3v) is 9.89. The summed E-state index contributed by atoms with van der Waals surface area (Å²) in [5, 5.41) is -0.194. The van der Waals surface area contributed by atoms with E-state index in [0.717, 1.165) is 5.57 Å². The molecule has 0 aromatic heterocycles. The van der Waals surface area contributed by atoms with Gasteiger partial charge in [-0.3, -0.25) is 4.79 Å². The van der Waals surface area contributed by atoms with Gasteiger partial charge in [0.15, 0.2) is 6.10 Å². The summed E-state index contributed by atoms with van der Waals surface area (Å²) in [5.41, 5.74) is 0.888. The number of carbonyl (C=O) groups is 1. The number of esters is 1. The molecule has 0 amide bonds. The van der Waals surface area contributed by atoms with E-state index < -0.39 is 8.56 Å². The Kier molecular flexibility index (Phi) is 3.51. The Hall–Kier alpha value is -0.853. The molecule has 2 saturated heterocycles. The van der Waals surface area contributed by atoms with E-state index in [4.69, 9.17) is 18.3 Å². The van der Waals surface area contributed by atoms with E-state index in [1.165, 1.54) is 0 Å². The molecule has 124 valence electrons. The minimum Gasteiger partial charge on any atom is -0.493 e. The van der Waals surface area contributed by atoms with Crippen molar-refractivity contribution in [2.24, 2.45) is 0 Å². The van der Waals surface area contributed by atoms with Gasteiger partial charge in [0.2, 0.25) is 0 Å². The van der Waals surface area contributed by atoms with Crippen molar-refractivity contribution in [3.8, 4) is 0 Å². The predicted molar refractivity (Wildman–Crippen MR) is 83.5 cm³/mol. The maximum atomic E-state index is 11.6. The summed E-state index contributed by atoms with van der Waals surface area (Å²) in [6.07, 6.45) is 1.19. The fraction of sp³-hybridized carbons (Fsp3) is 0.812. The molecular formula is C16H26O5Si. The molecule has 0 aromatic carbocycles. The highest BCUT2D eigenvalue weighted by atomic mass is 28.4. The summed E-state index contributed by atoms with van der Waals surface area (Å²) in [5.74, 6) is -0.200. The minimum absolute atomic E-state index is 0.0971. The van der Waals surface area contributed by atoms with E-state index in [2.05, 4.69) is 41.5 Å². The molecule has 0 unspecified atom stereocenters. The van der Waals surface area contributed by atoms with Gasteiger partial charge in [0, 0.05) is 15.6 Å². The molecule has 22 heavy (non-hydrogen) atoms. The number of carbonyl (C=O) groups excluding carboxylic acids is 1. The number of hydrogen-bond acceptors (Lipinski definition) is 5. The van der Waals surface area contributed by atoms with Crippen molar-refractivity contribution in [1.29, 1.82) is 0 Å². The van der Waals surface area contributed by atoms with Gasteiger partial charge in [0.25, 0.3) is 0 Å². The monoisotopic (exact) mass is 326 g/mol. The number of hydrogen-bond donors (Lipinski definition) is 0. The van der Waals surface area contributed by atoms with Gasteiger partial charge < -0.3 is 18.3 Å². The number of ether oxygens (including phenoxy) is 2. The van der Waals surface area contributed by atoms with E-state index in [-0.39, 0.29) is 34.4 Å². The molecule has 0 bridgehead atoms. The minimum atomic E-state index is -2.57. The molecule has 0 radical (unpaired) electrons. The van der Waals surface area contributed by atoms with Crippen LogP contribution in [0.15, 0.2) is 11.8 Å². The Morgan fingerprint density at radius 1 is 1.14 bits per heavy atom. The van der Waals surface area contributed by atoms with Gasteiger partial charge >= 0.3 is 14.5 Å². The molecule has 3 aliphatic rings. The average Bonchev–Trinajstić information content (AvgIpc) is 2.76. The van der Waals surface area contributed by atoms with Crippen molar-refractivity contribution in [3.63, 3.8) is 0 Å². The Morgan fingerprint density at radius 3 is 2.36 bits per heavy atom. The highest BCUT2D eigenvalue weighted by molar-refractivity contribution is 6.73. The maximum Gasteiger partial charge on any atom is 0.349 e. The number of fused-ring (bicyclic) bond motifs is 3.